The van der Waals surface area contributed by atoms with Crippen LogP contribution in [0.15, 0.2) is 0 Å². The van der Waals surface area contributed by atoms with Gasteiger partial charge in [0.1, 0.15) is 0 Å². The fourth-order valence-corrected chi connectivity index (χ4v) is 6.28. The van der Waals surface area contributed by atoms with Crippen LogP contribution in [0.25, 0.3) is 0 Å². The molecule has 0 aliphatic rings. The van der Waals surface area contributed by atoms with Crippen molar-refractivity contribution in [2.75, 3.05) is 13.2 Å². The van der Waals surface area contributed by atoms with Crippen molar-refractivity contribution < 1.29 is 14.0 Å². The van der Waals surface area contributed by atoms with E-state index in [9.17, 15) is 5.11 Å². The molecule has 1 N–H and O–H groups in total. The highest BCUT2D eigenvalue weighted by molar-refractivity contribution is 6.71. The van der Waals surface area contributed by atoms with E-state index in [1.165, 1.54) is 0 Å². The van der Waals surface area contributed by atoms with Gasteiger partial charge >= 0.3 is 0 Å². The molecular weight excluding hydrogens is 272 g/mol. The van der Waals surface area contributed by atoms with Crippen LogP contribution >= 0.6 is 0 Å². The van der Waals surface area contributed by atoms with Crippen molar-refractivity contribution in [2.45, 2.75) is 77.5 Å². The van der Waals surface area contributed by atoms with Gasteiger partial charge in [-0.2, -0.15) is 0 Å². The average Bonchev–Trinajstić information content (AvgIpc) is 2.26. The van der Waals surface area contributed by atoms with Crippen LogP contribution in [0.2, 0.25) is 38.3 Å². The summed E-state index contributed by atoms with van der Waals surface area (Å²) in [6.45, 7) is 14.7. The predicted octanol–water partition coefficient (Wildman–Crippen LogP) is 4.00. The molecule has 0 rings (SSSR count). The van der Waals surface area contributed by atoms with Crippen molar-refractivity contribution in [3.63, 3.8) is 0 Å². The van der Waals surface area contributed by atoms with Crippen molar-refractivity contribution in [1.29, 1.82) is 0 Å². The second-order valence-electron chi connectivity index (χ2n) is 6.47. The highest BCUT2D eigenvalue weighted by atomic mass is 28.4. The van der Waals surface area contributed by atoms with Crippen molar-refractivity contribution in [1.82, 2.24) is 0 Å². The van der Waals surface area contributed by atoms with Crippen LogP contribution in [0.3, 0.4) is 0 Å². The van der Waals surface area contributed by atoms with Gasteiger partial charge in [-0.3, -0.25) is 0 Å². The van der Waals surface area contributed by atoms with Crippen LogP contribution in [0, 0.1) is 0 Å². The second-order valence-corrected chi connectivity index (χ2v) is 15.1. The van der Waals surface area contributed by atoms with E-state index in [2.05, 4.69) is 33.1 Å². The maximum atomic E-state index is 10.0. The molecule has 5 heteroatoms. The summed E-state index contributed by atoms with van der Waals surface area (Å²) in [6, 6.07) is 2.19. The van der Waals surface area contributed by atoms with Gasteiger partial charge < -0.3 is 14.0 Å². The Balaban J connectivity index is 3.79. The Morgan fingerprint density at radius 1 is 0.842 bits per heavy atom. The van der Waals surface area contributed by atoms with Gasteiger partial charge in [0.05, 0.1) is 6.10 Å². The Hall–Kier alpha value is 0.314. The lowest BCUT2D eigenvalue weighted by atomic mass is 10.2. The van der Waals surface area contributed by atoms with Gasteiger partial charge in [-0.05, 0) is 65.0 Å². The van der Waals surface area contributed by atoms with Crippen molar-refractivity contribution in [3.05, 3.63) is 0 Å². The molecule has 0 amide bonds. The highest BCUT2D eigenvalue weighted by Gasteiger charge is 2.24. The third-order valence-electron chi connectivity index (χ3n) is 3.47. The predicted molar refractivity (Wildman–Crippen MR) is 87.7 cm³/mol. The molecule has 116 valence electrons. The number of hydrogen-bond acceptors (Lipinski definition) is 3. The zero-order valence-electron chi connectivity index (χ0n) is 13.8. The van der Waals surface area contributed by atoms with E-state index < -0.39 is 16.6 Å². The van der Waals surface area contributed by atoms with Gasteiger partial charge in [-0.15, -0.1) is 0 Å². The lowest BCUT2D eigenvalue weighted by Gasteiger charge is -2.24. The van der Waals surface area contributed by atoms with E-state index in [0.29, 0.717) is 0 Å². The molecule has 1 unspecified atom stereocenters. The molecule has 1 atom stereocenters. The summed E-state index contributed by atoms with van der Waals surface area (Å²) >= 11 is 0. The minimum Gasteiger partial charge on any atom is -0.418 e. The van der Waals surface area contributed by atoms with E-state index in [1.807, 2.05) is 6.92 Å². The smallest absolute Gasteiger partial charge is 0.186 e. The summed E-state index contributed by atoms with van der Waals surface area (Å²) in [6.07, 6.45) is 2.70. The first kappa shape index (κ1) is 19.3. The maximum absolute atomic E-state index is 10.0. The van der Waals surface area contributed by atoms with Gasteiger partial charge in [0, 0.05) is 13.2 Å². The largest absolute Gasteiger partial charge is 0.418 e. The number of aliphatic hydroxyl groups is 1. The minimum atomic E-state index is -1.53. The van der Waals surface area contributed by atoms with Gasteiger partial charge in [0.25, 0.3) is 0 Å². The molecule has 0 radical (unpaired) electrons. The molecule has 0 saturated heterocycles. The van der Waals surface area contributed by atoms with E-state index in [4.69, 9.17) is 8.85 Å². The summed E-state index contributed by atoms with van der Waals surface area (Å²) in [7, 11) is -3.00. The number of rotatable bonds is 11. The van der Waals surface area contributed by atoms with E-state index in [0.717, 1.165) is 44.6 Å². The summed E-state index contributed by atoms with van der Waals surface area (Å²) in [4.78, 5) is 0. The Morgan fingerprint density at radius 2 is 1.32 bits per heavy atom. The third kappa shape index (κ3) is 10.7. The van der Waals surface area contributed by atoms with Gasteiger partial charge in [0.2, 0.25) is 0 Å². The Kier molecular flexibility index (Phi) is 9.44. The first-order chi connectivity index (χ1) is 8.72. The fraction of sp³-hybridized carbons (Fsp3) is 1.00. The quantitative estimate of drug-likeness (QED) is 0.586. The molecule has 0 heterocycles. The molecule has 0 bridgehead atoms. The van der Waals surface area contributed by atoms with Gasteiger partial charge in [-0.25, -0.2) is 0 Å². The molecule has 0 saturated carbocycles. The normalized spacial score (nSPS) is 14.7. The summed E-state index contributed by atoms with van der Waals surface area (Å²) in [5, 5.41) is 10.0. The Labute approximate surface area is 122 Å². The van der Waals surface area contributed by atoms with Crippen LogP contribution in [-0.2, 0) is 8.85 Å². The zero-order valence-corrected chi connectivity index (χ0v) is 15.8. The molecule has 3 nitrogen and oxygen atoms in total. The number of hydrogen-bond donors (Lipinski definition) is 1. The molecular formula is C14H34O3Si2. The van der Waals surface area contributed by atoms with E-state index in [-0.39, 0.29) is 6.10 Å². The van der Waals surface area contributed by atoms with E-state index in [1.54, 1.807) is 0 Å². The number of aliphatic hydroxyl groups excluding tert-OH is 1. The molecule has 0 aromatic rings. The standard InChI is InChI=1S/C14H34O3Si2/c1-7-16-18(3,4)12-9-10-14(15)11-13-19(5,6)17-8-2/h14-15H,7-13H2,1-6H3. The monoisotopic (exact) mass is 306 g/mol. The molecule has 0 aliphatic carbocycles. The first-order valence-corrected chi connectivity index (χ1v) is 13.9. The van der Waals surface area contributed by atoms with Crippen LogP contribution < -0.4 is 0 Å². The highest BCUT2D eigenvalue weighted by Crippen LogP contribution is 2.20. The Morgan fingerprint density at radius 3 is 1.79 bits per heavy atom. The molecule has 0 aromatic heterocycles. The third-order valence-corrected chi connectivity index (χ3v) is 8.66. The summed E-state index contributed by atoms with van der Waals surface area (Å²) < 4.78 is 11.6. The minimum absolute atomic E-state index is 0.168. The summed E-state index contributed by atoms with van der Waals surface area (Å²) in [5.74, 6) is 0. The molecule has 0 aromatic carbocycles. The lowest BCUT2D eigenvalue weighted by molar-refractivity contribution is 0.156. The SMILES string of the molecule is CCO[Si](C)(C)CCCC(O)CC[Si](C)(C)OCC. The van der Waals surface area contributed by atoms with Crippen molar-refractivity contribution >= 4 is 16.6 Å². The fourth-order valence-electron chi connectivity index (χ4n) is 2.35. The van der Waals surface area contributed by atoms with Gasteiger partial charge in [-0.1, -0.05) is 6.42 Å². The second kappa shape index (κ2) is 9.29. The molecule has 0 aliphatic heterocycles. The van der Waals surface area contributed by atoms with E-state index >= 15 is 0 Å². The van der Waals surface area contributed by atoms with Gasteiger partial charge in [0.15, 0.2) is 16.6 Å². The summed E-state index contributed by atoms with van der Waals surface area (Å²) in [5.41, 5.74) is 0. The van der Waals surface area contributed by atoms with Crippen molar-refractivity contribution in [2.24, 2.45) is 0 Å². The van der Waals surface area contributed by atoms with Crippen LogP contribution in [0.5, 0.6) is 0 Å². The topological polar surface area (TPSA) is 38.7 Å². The van der Waals surface area contributed by atoms with Crippen molar-refractivity contribution in [3.8, 4) is 0 Å². The first-order valence-electron chi connectivity index (χ1n) is 7.68. The van der Waals surface area contributed by atoms with Crippen LogP contribution in [0.4, 0.5) is 0 Å². The lowest BCUT2D eigenvalue weighted by Crippen LogP contribution is -2.32. The van der Waals surface area contributed by atoms with Crippen LogP contribution in [0.1, 0.15) is 33.1 Å². The maximum Gasteiger partial charge on any atom is 0.186 e. The molecule has 0 spiro atoms. The zero-order chi connectivity index (χ0) is 14.9. The Bertz CT molecular complexity index is 233. The average molecular weight is 307 g/mol. The molecule has 0 fully saturated rings. The molecule has 19 heavy (non-hydrogen) atoms. The van der Waals surface area contributed by atoms with Crippen LogP contribution in [-0.4, -0.2) is 41.1 Å².